The molecule has 4 nitrogen and oxygen atoms in total. The Balaban J connectivity index is 2.07. The van der Waals surface area contributed by atoms with Crippen LogP contribution in [0.25, 0.3) is 0 Å². The standard InChI is InChI=1S/C14H20F2N2O2/c15-14(16)20-12-3-1-11(2-4-12)13(5-10-19)18-8-6-17-7-9-18/h1-4,13-14,17,19H,5-10H2/t13-/m0/s1. The van der Waals surface area contributed by atoms with Crippen LogP contribution in [0.3, 0.4) is 0 Å². The summed E-state index contributed by atoms with van der Waals surface area (Å²) in [5.74, 6) is 0.159. The van der Waals surface area contributed by atoms with Gasteiger partial charge in [0.05, 0.1) is 0 Å². The number of hydrogen-bond acceptors (Lipinski definition) is 4. The van der Waals surface area contributed by atoms with Gasteiger partial charge in [-0.25, -0.2) is 0 Å². The van der Waals surface area contributed by atoms with Gasteiger partial charge in [-0.3, -0.25) is 4.90 Å². The number of halogens is 2. The highest BCUT2D eigenvalue weighted by Gasteiger charge is 2.21. The Bertz CT molecular complexity index is 395. The van der Waals surface area contributed by atoms with Crippen LogP contribution < -0.4 is 10.1 Å². The minimum Gasteiger partial charge on any atom is -0.435 e. The van der Waals surface area contributed by atoms with Gasteiger partial charge in [-0.15, -0.1) is 0 Å². The number of aliphatic hydroxyl groups excluding tert-OH is 1. The zero-order chi connectivity index (χ0) is 14.4. The fraction of sp³-hybridized carbons (Fsp3) is 0.571. The molecule has 0 amide bonds. The molecule has 1 saturated heterocycles. The van der Waals surface area contributed by atoms with Crippen LogP contribution in [0.4, 0.5) is 8.78 Å². The Hall–Kier alpha value is -1.24. The molecule has 0 aromatic heterocycles. The van der Waals surface area contributed by atoms with Gasteiger partial charge in [0.15, 0.2) is 0 Å². The number of benzene rings is 1. The summed E-state index contributed by atoms with van der Waals surface area (Å²) in [5, 5.41) is 12.5. The highest BCUT2D eigenvalue weighted by atomic mass is 19.3. The Labute approximate surface area is 117 Å². The van der Waals surface area contributed by atoms with Gasteiger partial charge in [-0.2, -0.15) is 8.78 Å². The third kappa shape index (κ3) is 4.13. The SMILES string of the molecule is OCC[C@@H](c1ccc(OC(F)F)cc1)N1CCNCC1. The largest absolute Gasteiger partial charge is 0.435 e. The lowest BCUT2D eigenvalue weighted by atomic mass is 10.0. The Morgan fingerprint density at radius 1 is 1.20 bits per heavy atom. The summed E-state index contributed by atoms with van der Waals surface area (Å²) in [5.41, 5.74) is 1.02. The third-order valence-corrected chi connectivity index (χ3v) is 3.48. The fourth-order valence-electron chi connectivity index (χ4n) is 2.55. The van der Waals surface area contributed by atoms with Crippen molar-refractivity contribution in [2.75, 3.05) is 32.8 Å². The van der Waals surface area contributed by atoms with E-state index in [0.717, 1.165) is 31.7 Å². The number of nitrogens with one attached hydrogen (secondary N) is 1. The molecule has 0 bridgehead atoms. The maximum atomic E-state index is 12.1. The molecule has 0 spiro atoms. The average Bonchev–Trinajstić information content (AvgIpc) is 2.46. The molecular weight excluding hydrogens is 266 g/mol. The second kappa shape index (κ2) is 7.52. The summed E-state index contributed by atoms with van der Waals surface area (Å²) in [4.78, 5) is 2.30. The average molecular weight is 286 g/mol. The van der Waals surface area contributed by atoms with E-state index >= 15 is 0 Å². The quantitative estimate of drug-likeness (QED) is 0.834. The molecule has 0 saturated carbocycles. The first-order valence-corrected chi connectivity index (χ1v) is 6.81. The van der Waals surface area contributed by atoms with Gasteiger partial charge in [0.1, 0.15) is 5.75 Å². The highest BCUT2D eigenvalue weighted by Crippen LogP contribution is 2.26. The van der Waals surface area contributed by atoms with Crippen molar-refractivity contribution < 1.29 is 18.6 Å². The van der Waals surface area contributed by atoms with Crippen molar-refractivity contribution in [2.24, 2.45) is 0 Å². The van der Waals surface area contributed by atoms with Gasteiger partial charge in [0.25, 0.3) is 0 Å². The van der Waals surface area contributed by atoms with Crippen molar-refractivity contribution in [1.82, 2.24) is 10.2 Å². The van der Waals surface area contributed by atoms with Crippen molar-refractivity contribution in [3.8, 4) is 5.75 Å². The molecule has 1 aliphatic rings. The molecule has 1 heterocycles. The van der Waals surface area contributed by atoms with Crippen molar-refractivity contribution in [3.05, 3.63) is 29.8 Å². The molecule has 0 unspecified atom stereocenters. The molecule has 2 N–H and O–H groups in total. The molecule has 112 valence electrons. The van der Waals surface area contributed by atoms with E-state index in [9.17, 15) is 13.9 Å². The van der Waals surface area contributed by atoms with E-state index in [-0.39, 0.29) is 18.4 Å². The van der Waals surface area contributed by atoms with Gasteiger partial charge < -0.3 is 15.2 Å². The van der Waals surface area contributed by atoms with Crippen LogP contribution in [0.5, 0.6) is 5.75 Å². The third-order valence-electron chi connectivity index (χ3n) is 3.48. The van der Waals surface area contributed by atoms with E-state index in [4.69, 9.17) is 0 Å². The monoisotopic (exact) mass is 286 g/mol. The van der Waals surface area contributed by atoms with Crippen LogP contribution >= 0.6 is 0 Å². The molecule has 1 aromatic carbocycles. The van der Waals surface area contributed by atoms with Gasteiger partial charge >= 0.3 is 6.61 Å². The molecule has 6 heteroatoms. The molecule has 1 aliphatic heterocycles. The van der Waals surface area contributed by atoms with Crippen molar-refractivity contribution in [2.45, 2.75) is 19.1 Å². The van der Waals surface area contributed by atoms with Crippen molar-refractivity contribution in [3.63, 3.8) is 0 Å². The van der Waals surface area contributed by atoms with Crippen LogP contribution in [-0.4, -0.2) is 49.4 Å². The summed E-state index contributed by atoms with van der Waals surface area (Å²) in [6.45, 7) is 0.981. The fourth-order valence-corrected chi connectivity index (χ4v) is 2.55. The zero-order valence-corrected chi connectivity index (χ0v) is 11.3. The first-order chi connectivity index (χ1) is 9.70. The van der Waals surface area contributed by atoms with Crippen LogP contribution in [0.15, 0.2) is 24.3 Å². The molecule has 1 atom stereocenters. The summed E-state index contributed by atoms with van der Waals surface area (Å²) >= 11 is 0. The maximum Gasteiger partial charge on any atom is 0.387 e. The van der Waals surface area contributed by atoms with E-state index in [1.807, 2.05) is 0 Å². The van der Waals surface area contributed by atoms with Crippen LogP contribution in [0.2, 0.25) is 0 Å². The first kappa shape index (κ1) is 15.2. The molecule has 20 heavy (non-hydrogen) atoms. The Morgan fingerprint density at radius 2 is 1.85 bits per heavy atom. The number of piperazine rings is 1. The molecule has 0 radical (unpaired) electrons. The van der Waals surface area contributed by atoms with E-state index in [1.165, 1.54) is 0 Å². The molecular formula is C14H20F2N2O2. The smallest absolute Gasteiger partial charge is 0.387 e. The van der Waals surface area contributed by atoms with Gasteiger partial charge in [-0.05, 0) is 24.1 Å². The lowest BCUT2D eigenvalue weighted by molar-refractivity contribution is -0.0498. The van der Waals surface area contributed by atoms with E-state index < -0.39 is 6.61 Å². The Kier molecular flexibility index (Phi) is 5.70. The van der Waals surface area contributed by atoms with Crippen LogP contribution in [0, 0.1) is 0 Å². The minimum absolute atomic E-state index is 0.101. The highest BCUT2D eigenvalue weighted by molar-refractivity contribution is 5.29. The number of hydrogen-bond donors (Lipinski definition) is 2. The van der Waals surface area contributed by atoms with Crippen molar-refractivity contribution >= 4 is 0 Å². The van der Waals surface area contributed by atoms with Crippen LogP contribution in [0.1, 0.15) is 18.0 Å². The molecule has 0 aliphatic carbocycles. The summed E-state index contributed by atoms with van der Waals surface area (Å²) < 4.78 is 28.6. The zero-order valence-electron chi connectivity index (χ0n) is 11.3. The number of rotatable bonds is 6. The maximum absolute atomic E-state index is 12.1. The lowest BCUT2D eigenvalue weighted by Crippen LogP contribution is -2.45. The van der Waals surface area contributed by atoms with E-state index in [1.54, 1.807) is 24.3 Å². The molecule has 1 fully saturated rings. The second-order valence-corrected chi connectivity index (χ2v) is 4.76. The first-order valence-electron chi connectivity index (χ1n) is 6.81. The number of alkyl halides is 2. The van der Waals surface area contributed by atoms with Crippen molar-refractivity contribution in [1.29, 1.82) is 0 Å². The normalized spacial score (nSPS) is 18.2. The topological polar surface area (TPSA) is 44.7 Å². The predicted octanol–water partition coefficient (Wildman–Crippen LogP) is 1.62. The predicted molar refractivity (Wildman–Crippen MR) is 72.0 cm³/mol. The molecule has 1 aromatic rings. The summed E-state index contributed by atoms with van der Waals surface area (Å²) in [6.07, 6.45) is 0.634. The van der Waals surface area contributed by atoms with Gasteiger partial charge in [0.2, 0.25) is 0 Å². The summed E-state index contributed by atoms with van der Waals surface area (Å²) in [7, 11) is 0. The van der Waals surface area contributed by atoms with Gasteiger partial charge in [0, 0.05) is 38.8 Å². The van der Waals surface area contributed by atoms with E-state index in [0.29, 0.717) is 6.42 Å². The molecule has 2 rings (SSSR count). The summed E-state index contributed by atoms with van der Waals surface area (Å²) in [6, 6.07) is 6.80. The van der Waals surface area contributed by atoms with Crippen LogP contribution in [-0.2, 0) is 0 Å². The number of nitrogens with zero attached hydrogens (tertiary/aromatic N) is 1. The van der Waals surface area contributed by atoms with E-state index in [2.05, 4.69) is 15.0 Å². The minimum atomic E-state index is -2.80. The number of ether oxygens (including phenoxy) is 1. The second-order valence-electron chi connectivity index (χ2n) is 4.76. The number of aliphatic hydroxyl groups is 1. The lowest BCUT2D eigenvalue weighted by Gasteiger charge is -2.35. The Morgan fingerprint density at radius 3 is 2.40 bits per heavy atom. The van der Waals surface area contributed by atoms with Gasteiger partial charge in [-0.1, -0.05) is 12.1 Å².